The smallest absolute Gasteiger partial charge is 0.115 e. The second kappa shape index (κ2) is 8.23. The molecule has 3 rings (SSSR count). The van der Waals surface area contributed by atoms with Crippen molar-refractivity contribution in [3.63, 3.8) is 0 Å². The fourth-order valence-corrected chi connectivity index (χ4v) is 3.29. The third-order valence-electron chi connectivity index (χ3n) is 4.23. The van der Waals surface area contributed by atoms with Gasteiger partial charge in [-0.05, 0) is 59.4 Å². The van der Waals surface area contributed by atoms with Crippen molar-refractivity contribution in [3.05, 3.63) is 77.6 Å². The number of aryl methyl sites for hydroxylation is 1. The fraction of sp³-hybridized carbons (Fsp3) is 0.190. The lowest BCUT2D eigenvalue weighted by molar-refractivity contribution is 0.475. The summed E-state index contributed by atoms with van der Waals surface area (Å²) in [5.74, 6) is 0.476. The zero-order chi connectivity index (χ0) is 18.5. The van der Waals surface area contributed by atoms with Crippen molar-refractivity contribution in [2.75, 3.05) is 5.33 Å². The Balaban J connectivity index is 2.24. The molecule has 0 bridgehead atoms. The predicted molar refractivity (Wildman–Crippen MR) is 108 cm³/mol. The summed E-state index contributed by atoms with van der Waals surface area (Å²) in [6.07, 6.45) is 5.77. The van der Waals surface area contributed by atoms with Crippen LogP contribution in [-0.2, 0) is 7.05 Å². The highest BCUT2D eigenvalue weighted by molar-refractivity contribution is 9.09. The van der Waals surface area contributed by atoms with Gasteiger partial charge in [-0.1, -0.05) is 40.2 Å². The van der Waals surface area contributed by atoms with Crippen LogP contribution in [0, 0.1) is 0 Å². The number of hydrogen-bond acceptors (Lipinski definition) is 3. The quantitative estimate of drug-likeness (QED) is 0.562. The van der Waals surface area contributed by atoms with Crippen LogP contribution in [0.15, 0.2) is 60.9 Å². The van der Waals surface area contributed by atoms with Gasteiger partial charge in [-0.2, -0.15) is 5.10 Å². The number of hydrogen-bond donors (Lipinski definition) is 2. The van der Waals surface area contributed by atoms with Gasteiger partial charge in [0.05, 0.1) is 6.20 Å². The van der Waals surface area contributed by atoms with Gasteiger partial charge >= 0.3 is 0 Å². The average Bonchev–Trinajstić information content (AvgIpc) is 3.07. The van der Waals surface area contributed by atoms with E-state index in [1.807, 2.05) is 43.7 Å². The molecule has 3 aromatic rings. The zero-order valence-electron chi connectivity index (χ0n) is 14.6. The SMILES string of the molecule is Cn1cc(C(CCCBr)=C(c2ccc(O)cc2)c2ccc(O)cc2)cn1. The molecular weight excluding hydrogens is 392 g/mol. The Morgan fingerprint density at radius 1 is 0.923 bits per heavy atom. The maximum absolute atomic E-state index is 9.68. The molecule has 0 aliphatic rings. The molecule has 1 aromatic heterocycles. The number of phenols is 2. The molecule has 0 saturated heterocycles. The number of nitrogens with zero attached hydrogens (tertiary/aromatic N) is 2. The van der Waals surface area contributed by atoms with Crippen molar-refractivity contribution in [3.8, 4) is 11.5 Å². The molecule has 0 aliphatic carbocycles. The number of alkyl halides is 1. The van der Waals surface area contributed by atoms with Crippen LogP contribution in [0.25, 0.3) is 11.1 Å². The van der Waals surface area contributed by atoms with Gasteiger partial charge in [-0.25, -0.2) is 0 Å². The first-order valence-corrected chi connectivity index (χ1v) is 9.57. The van der Waals surface area contributed by atoms with Crippen LogP contribution in [0.2, 0.25) is 0 Å². The standard InChI is InChI=1S/C21H21BrN2O2/c1-24-14-17(13-23-24)20(3-2-12-22)21(15-4-8-18(25)9-5-15)16-6-10-19(26)11-7-16/h4-11,13-14,25-26H,2-3,12H2,1H3. The fourth-order valence-electron chi connectivity index (χ4n) is 3.01. The summed E-state index contributed by atoms with van der Waals surface area (Å²) in [4.78, 5) is 0. The van der Waals surface area contributed by atoms with E-state index in [1.165, 1.54) is 5.57 Å². The van der Waals surface area contributed by atoms with Gasteiger partial charge < -0.3 is 10.2 Å². The first kappa shape index (κ1) is 18.3. The van der Waals surface area contributed by atoms with Crippen molar-refractivity contribution in [2.45, 2.75) is 12.8 Å². The van der Waals surface area contributed by atoms with Gasteiger partial charge in [0.25, 0.3) is 0 Å². The van der Waals surface area contributed by atoms with E-state index in [0.717, 1.165) is 40.4 Å². The minimum atomic E-state index is 0.238. The van der Waals surface area contributed by atoms with E-state index in [0.29, 0.717) is 0 Å². The maximum Gasteiger partial charge on any atom is 0.115 e. The van der Waals surface area contributed by atoms with Crippen molar-refractivity contribution >= 4 is 27.1 Å². The molecule has 1 heterocycles. The average molecular weight is 413 g/mol. The molecule has 26 heavy (non-hydrogen) atoms. The van der Waals surface area contributed by atoms with Gasteiger partial charge in [0.15, 0.2) is 0 Å². The topological polar surface area (TPSA) is 58.3 Å². The molecule has 0 unspecified atom stereocenters. The number of phenolic OH excluding ortho intramolecular Hbond substituents is 2. The molecule has 134 valence electrons. The summed E-state index contributed by atoms with van der Waals surface area (Å²) in [5, 5.41) is 24.6. The first-order chi connectivity index (χ1) is 12.6. The number of aromatic hydroxyl groups is 2. The van der Waals surface area contributed by atoms with Crippen LogP contribution in [0.4, 0.5) is 0 Å². The van der Waals surface area contributed by atoms with Crippen LogP contribution >= 0.6 is 15.9 Å². The van der Waals surface area contributed by atoms with E-state index in [2.05, 4.69) is 21.0 Å². The van der Waals surface area contributed by atoms with Crippen LogP contribution in [0.1, 0.15) is 29.5 Å². The van der Waals surface area contributed by atoms with E-state index < -0.39 is 0 Å². The normalized spacial score (nSPS) is 10.7. The van der Waals surface area contributed by atoms with E-state index in [9.17, 15) is 10.2 Å². The molecule has 2 N–H and O–H groups in total. The Bertz CT molecular complexity index is 849. The highest BCUT2D eigenvalue weighted by Crippen LogP contribution is 2.36. The summed E-state index contributed by atoms with van der Waals surface area (Å²) < 4.78 is 1.80. The summed E-state index contributed by atoms with van der Waals surface area (Å²) in [5.41, 5.74) is 5.38. The minimum Gasteiger partial charge on any atom is -0.508 e. The number of rotatable bonds is 6. The largest absolute Gasteiger partial charge is 0.508 e. The molecule has 0 aliphatic heterocycles. The highest BCUT2D eigenvalue weighted by atomic mass is 79.9. The lowest BCUT2D eigenvalue weighted by Gasteiger charge is -2.16. The van der Waals surface area contributed by atoms with Gasteiger partial charge in [0, 0.05) is 24.1 Å². The number of allylic oxidation sites excluding steroid dienone is 1. The third kappa shape index (κ3) is 4.17. The van der Waals surface area contributed by atoms with Crippen molar-refractivity contribution in [2.24, 2.45) is 7.05 Å². The molecule has 0 atom stereocenters. The highest BCUT2D eigenvalue weighted by Gasteiger charge is 2.15. The van der Waals surface area contributed by atoms with E-state index >= 15 is 0 Å². The summed E-state index contributed by atoms with van der Waals surface area (Å²) >= 11 is 3.53. The number of benzene rings is 2. The van der Waals surface area contributed by atoms with E-state index in [1.54, 1.807) is 28.9 Å². The van der Waals surface area contributed by atoms with E-state index in [-0.39, 0.29) is 11.5 Å². The number of halogens is 1. The van der Waals surface area contributed by atoms with Gasteiger partial charge in [-0.15, -0.1) is 0 Å². The van der Waals surface area contributed by atoms with Crippen LogP contribution < -0.4 is 0 Å². The van der Waals surface area contributed by atoms with Gasteiger partial charge in [0.1, 0.15) is 11.5 Å². The first-order valence-electron chi connectivity index (χ1n) is 8.45. The lowest BCUT2D eigenvalue weighted by atomic mass is 9.88. The number of aromatic nitrogens is 2. The molecule has 0 spiro atoms. The lowest BCUT2D eigenvalue weighted by Crippen LogP contribution is -1.96. The third-order valence-corrected chi connectivity index (χ3v) is 4.79. The Morgan fingerprint density at radius 3 is 1.88 bits per heavy atom. The molecule has 2 aromatic carbocycles. The Morgan fingerprint density at radius 2 is 1.46 bits per heavy atom. The Hall–Kier alpha value is -2.53. The predicted octanol–water partition coefficient (Wildman–Crippen LogP) is 4.97. The molecule has 0 fully saturated rings. The van der Waals surface area contributed by atoms with Crippen LogP contribution in [-0.4, -0.2) is 25.3 Å². The molecule has 4 nitrogen and oxygen atoms in total. The summed E-state index contributed by atoms with van der Waals surface area (Å²) in [7, 11) is 1.91. The Labute approximate surface area is 161 Å². The second-order valence-electron chi connectivity index (χ2n) is 6.14. The van der Waals surface area contributed by atoms with Gasteiger partial charge in [0.2, 0.25) is 0 Å². The van der Waals surface area contributed by atoms with Crippen LogP contribution in [0.5, 0.6) is 11.5 Å². The maximum atomic E-state index is 9.68. The monoisotopic (exact) mass is 412 g/mol. The van der Waals surface area contributed by atoms with Crippen molar-refractivity contribution < 1.29 is 10.2 Å². The van der Waals surface area contributed by atoms with Crippen molar-refractivity contribution in [1.29, 1.82) is 0 Å². The van der Waals surface area contributed by atoms with Crippen LogP contribution in [0.3, 0.4) is 0 Å². The Kier molecular flexibility index (Phi) is 5.78. The zero-order valence-corrected chi connectivity index (χ0v) is 16.1. The van der Waals surface area contributed by atoms with E-state index in [4.69, 9.17) is 0 Å². The molecule has 0 saturated carbocycles. The molecular formula is C21H21BrN2O2. The minimum absolute atomic E-state index is 0.238. The summed E-state index contributed by atoms with van der Waals surface area (Å²) in [6, 6.07) is 14.5. The summed E-state index contributed by atoms with van der Waals surface area (Å²) in [6.45, 7) is 0. The second-order valence-corrected chi connectivity index (χ2v) is 6.94. The molecule has 0 radical (unpaired) electrons. The molecule has 0 amide bonds. The van der Waals surface area contributed by atoms with Gasteiger partial charge in [-0.3, -0.25) is 4.68 Å². The molecule has 5 heteroatoms. The van der Waals surface area contributed by atoms with Crippen molar-refractivity contribution in [1.82, 2.24) is 9.78 Å².